The molecule has 0 bridgehead atoms. The molecule has 1 aromatic rings. The van der Waals surface area contributed by atoms with Crippen LogP contribution in [-0.4, -0.2) is 25.5 Å². The largest absolute Gasteiger partial charge is 0.482 e. The number of carbonyl (C=O) groups is 2. The van der Waals surface area contributed by atoms with E-state index in [1.807, 2.05) is 0 Å². The maximum atomic E-state index is 11.0. The highest BCUT2D eigenvalue weighted by Gasteiger charge is 2.05. The Labute approximate surface area is 102 Å². The van der Waals surface area contributed by atoms with Crippen LogP contribution in [0.4, 0.5) is 0 Å². The molecule has 16 heavy (non-hydrogen) atoms. The number of benzene rings is 1. The minimum Gasteiger partial charge on any atom is -0.482 e. The summed E-state index contributed by atoms with van der Waals surface area (Å²) in [7, 11) is 0. The molecule has 5 heteroatoms. The lowest BCUT2D eigenvalue weighted by Gasteiger charge is -2.06. The molecule has 0 heterocycles. The van der Waals surface area contributed by atoms with Gasteiger partial charge in [0.2, 0.25) is 0 Å². The van der Waals surface area contributed by atoms with Gasteiger partial charge in [0.1, 0.15) is 5.75 Å². The zero-order valence-corrected chi connectivity index (χ0v) is 10.3. The van der Waals surface area contributed by atoms with Crippen LogP contribution >= 0.6 is 15.9 Å². The molecule has 1 aromatic carbocycles. The van der Waals surface area contributed by atoms with Gasteiger partial charge in [0.25, 0.3) is 0 Å². The van der Waals surface area contributed by atoms with Crippen molar-refractivity contribution in [3.05, 3.63) is 28.2 Å². The summed E-state index contributed by atoms with van der Waals surface area (Å²) in [5, 5.41) is 0. The monoisotopic (exact) mass is 286 g/mol. The molecular weight excluding hydrogens is 276 g/mol. The zero-order valence-electron chi connectivity index (χ0n) is 8.73. The van der Waals surface area contributed by atoms with Gasteiger partial charge in [-0.15, -0.1) is 0 Å². The van der Waals surface area contributed by atoms with Crippen molar-refractivity contribution in [2.75, 3.05) is 13.2 Å². The van der Waals surface area contributed by atoms with Crippen LogP contribution in [0.15, 0.2) is 22.7 Å². The van der Waals surface area contributed by atoms with E-state index in [-0.39, 0.29) is 6.61 Å². The highest BCUT2D eigenvalue weighted by Crippen LogP contribution is 2.21. The van der Waals surface area contributed by atoms with Gasteiger partial charge in [-0.1, -0.05) is 15.9 Å². The summed E-state index contributed by atoms with van der Waals surface area (Å²) in [6, 6.07) is 4.90. The maximum Gasteiger partial charge on any atom is 0.344 e. The van der Waals surface area contributed by atoms with Crippen molar-refractivity contribution in [1.82, 2.24) is 0 Å². The minimum atomic E-state index is -0.432. The molecule has 1 rings (SSSR count). The van der Waals surface area contributed by atoms with E-state index >= 15 is 0 Å². The molecule has 86 valence electrons. The topological polar surface area (TPSA) is 52.6 Å². The van der Waals surface area contributed by atoms with Gasteiger partial charge < -0.3 is 9.47 Å². The van der Waals surface area contributed by atoms with E-state index in [0.717, 1.165) is 0 Å². The van der Waals surface area contributed by atoms with Crippen LogP contribution in [0.3, 0.4) is 0 Å². The van der Waals surface area contributed by atoms with E-state index in [1.54, 1.807) is 25.1 Å². The van der Waals surface area contributed by atoms with Crippen molar-refractivity contribution in [3.8, 4) is 5.75 Å². The normalized spacial score (nSPS) is 9.62. The summed E-state index contributed by atoms with van der Waals surface area (Å²) in [6.45, 7) is 1.89. The predicted octanol–water partition coefficient (Wildman–Crippen LogP) is 2.20. The first-order valence-corrected chi connectivity index (χ1v) is 5.49. The predicted molar refractivity (Wildman–Crippen MR) is 61.7 cm³/mol. The lowest BCUT2D eigenvalue weighted by molar-refractivity contribution is -0.145. The number of esters is 1. The van der Waals surface area contributed by atoms with E-state index in [0.29, 0.717) is 28.7 Å². The summed E-state index contributed by atoms with van der Waals surface area (Å²) in [5.74, 6) is 0.0245. The van der Waals surface area contributed by atoms with Crippen LogP contribution in [0.1, 0.15) is 17.3 Å². The van der Waals surface area contributed by atoms with Crippen molar-refractivity contribution >= 4 is 28.2 Å². The molecule has 0 atom stereocenters. The van der Waals surface area contributed by atoms with Crippen LogP contribution in [0, 0.1) is 0 Å². The Hall–Kier alpha value is -1.36. The van der Waals surface area contributed by atoms with Crippen LogP contribution < -0.4 is 4.74 Å². The Balaban J connectivity index is 2.61. The van der Waals surface area contributed by atoms with Crippen molar-refractivity contribution in [2.45, 2.75) is 6.92 Å². The Bertz CT molecular complexity index is 390. The van der Waals surface area contributed by atoms with Crippen molar-refractivity contribution in [2.24, 2.45) is 0 Å². The summed E-state index contributed by atoms with van der Waals surface area (Å²) >= 11 is 3.22. The Kier molecular flexibility index (Phi) is 4.98. The fourth-order valence-corrected chi connectivity index (χ4v) is 1.39. The fraction of sp³-hybridized carbons (Fsp3) is 0.273. The molecule has 0 saturated carbocycles. The lowest BCUT2D eigenvalue weighted by atomic mass is 10.2. The first-order valence-electron chi connectivity index (χ1n) is 4.70. The van der Waals surface area contributed by atoms with Gasteiger partial charge in [-0.2, -0.15) is 0 Å². The van der Waals surface area contributed by atoms with Crippen molar-refractivity contribution in [3.63, 3.8) is 0 Å². The Morgan fingerprint density at radius 2 is 2.25 bits per heavy atom. The summed E-state index contributed by atoms with van der Waals surface area (Å²) in [6.07, 6.45) is 0.710. The molecule has 0 aliphatic rings. The van der Waals surface area contributed by atoms with Gasteiger partial charge in [0.15, 0.2) is 12.9 Å². The zero-order chi connectivity index (χ0) is 12.0. The second kappa shape index (κ2) is 6.27. The molecule has 0 radical (unpaired) electrons. The molecule has 0 aliphatic heterocycles. The maximum absolute atomic E-state index is 11.0. The standard InChI is InChI=1S/C11H11BrO4/c1-2-15-11(14)7-16-9-3-4-10(12)8(5-9)6-13/h3-6H,2,7H2,1H3. The Morgan fingerprint density at radius 1 is 1.50 bits per heavy atom. The second-order valence-corrected chi connectivity index (χ2v) is 3.75. The third-order valence-electron chi connectivity index (χ3n) is 1.76. The summed E-state index contributed by atoms with van der Waals surface area (Å²) < 4.78 is 10.6. The number of aldehydes is 1. The number of carbonyl (C=O) groups excluding carboxylic acids is 2. The third kappa shape index (κ3) is 3.66. The van der Waals surface area contributed by atoms with Gasteiger partial charge in [-0.25, -0.2) is 4.79 Å². The molecule has 0 spiro atoms. The molecule has 0 saturated heterocycles. The van der Waals surface area contributed by atoms with Gasteiger partial charge in [0, 0.05) is 10.0 Å². The number of halogens is 1. The van der Waals surface area contributed by atoms with Crippen molar-refractivity contribution < 1.29 is 19.1 Å². The Morgan fingerprint density at radius 3 is 2.88 bits per heavy atom. The van der Waals surface area contributed by atoms with Crippen LogP contribution in [0.5, 0.6) is 5.75 Å². The molecular formula is C11H11BrO4. The molecule has 0 amide bonds. The highest BCUT2D eigenvalue weighted by molar-refractivity contribution is 9.10. The fourth-order valence-electron chi connectivity index (χ4n) is 1.05. The van der Waals surface area contributed by atoms with Gasteiger partial charge in [-0.05, 0) is 25.1 Å². The first kappa shape index (κ1) is 12.7. The van der Waals surface area contributed by atoms with E-state index in [2.05, 4.69) is 15.9 Å². The van der Waals surface area contributed by atoms with Crippen LogP contribution in [0.25, 0.3) is 0 Å². The first-order chi connectivity index (χ1) is 7.67. The van der Waals surface area contributed by atoms with E-state index in [9.17, 15) is 9.59 Å². The number of hydrogen-bond donors (Lipinski definition) is 0. The van der Waals surface area contributed by atoms with Gasteiger partial charge >= 0.3 is 5.97 Å². The smallest absolute Gasteiger partial charge is 0.344 e. The molecule has 0 fully saturated rings. The summed E-state index contributed by atoms with van der Waals surface area (Å²) in [5.41, 5.74) is 0.473. The van der Waals surface area contributed by atoms with Crippen molar-refractivity contribution in [1.29, 1.82) is 0 Å². The third-order valence-corrected chi connectivity index (χ3v) is 2.48. The molecule has 0 aliphatic carbocycles. The molecule has 0 unspecified atom stereocenters. The van der Waals surface area contributed by atoms with Crippen LogP contribution in [0.2, 0.25) is 0 Å². The molecule has 0 aromatic heterocycles. The minimum absolute atomic E-state index is 0.159. The SMILES string of the molecule is CCOC(=O)COc1ccc(Br)c(C=O)c1. The molecule has 0 N–H and O–H groups in total. The average molecular weight is 287 g/mol. The second-order valence-electron chi connectivity index (χ2n) is 2.89. The van der Waals surface area contributed by atoms with E-state index in [1.165, 1.54) is 0 Å². The number of rotatable bonds is 5. The average Bonchev–Trinajstić information content (AvgIpc) is 2.28. The molecule has 4 nitrogen and oxygen atoms in total. The summed E-state index contributed by atoms with van der Waals surface area (Å²) in [4.78, 5) is 21.7. The quantitative estimate of drug-likeness (QED) is 0.615. The number of ether oxygens (including phenoxy) is 2. The number of hydrogen-bond acceptors (Lipinski definition) is 4. The van der Waals surface area contributed by atoms with Gasteiger partial charge in [-0.3, -0.25) is 4.79 Å². The van der Waals surface area contributed by atoms with E-state index < -0.39 is 5.97 Å². The van der Waals surface area contributed by atoms with E-state index in [4.69, 9.17) is 9.47 Å². The van der Waals surface area contributed by atoms with Gasteiger partial charge in [0.05, 0.1) is 6.61 Å². The van der Waals surface area contributed by atoms with Crippen LogP contribution in [-0.2, 0) is 9.53 Å². The highest BCUT2D eigenvalue weighted by atomic mass is 79.9. The lowest BCUT2D eigenvalue weighted by Crippen LogP contribution is -2.14.